The van der Waals surface area contributed by atoms with Crippen LogP contribution in [0, 0.1) is 0 Å². The van der Waals surface area contributed by atoms with E-state index in [0.29, 0.717) is 0 Å². The SMILES string of the molecule is O=C([O-])CC(O)(CC(=O)[O-])C(=O)O.[NH4+].[Na+]. The summed E-state index contributed by atoms with van der Waals surface area (Å²) in [5.74, 6) is -5.65. The number of carboxylic acid groups (broad SMARTS) is 3. The van der Waals surface area contributed by atoms with E-state index in [0.717, 1.165) is 0 Å². The smallest absolute Gasteiger partial charge is 0.550 e. The van der Waals surface area contributed by atoms with Crippen molar-refractivity contribution in [3.8, 4) is 0 Å². The van der Waals surface area contributed by atoms with Crippen molar-refractivity contribution < 1.29 is 64.4 Å². The van der Waals surface area contributed by atoms with Gasteiger partial charge in [0.25, 0.3) is 0 Å². The third-order valence-electron chi connectivity index (χ3n) is 1.27. The summed E-state index contributed by atoms with van der Waals surface area (Å²) >= 11 is 0. The predicted molar refractivity (Wildman–Crippen MR) is 37.8 cm³/mol. The normalized spacial score (nSPS) is 9.40. The zero-order valence-corrected chi connectivity index (χ0v) is 10.3. The molecule has 0 atom stereocenters. The van der Waals surface area contributed by atoms with E-state index in [-0.39, 0.29) is 35.7 Å². The first kappa shape index (κ1) is 19.8. The molecule has 0 bridgehead atoms. The Morgan fingerprint density at radius 2 is 1.33 bits per heavy atom. The van der Waals surface area contributed by atoms with Crippen LogP contribution in [0.3, 0.4) is 0 Å². The molecule has 0 aliphatic carbocycles. The zero-order valence-electron chi connectivity index (χ0n) is 8.35. The molecule has 0 amide bonds. The van der Waals surface area contributed by atoms with Gasteiger partial charge in [-0.05, 0) is 0 Å². The maximum Gasteiger partial charge on any atom is 1.00 e. The number of quaternary nitrogens is 1. The van der Waals surface area contributed by atoms with E-state index in [9.17, 15) is 24.6 Å². The number of carbonyl (C=O) groups is 3. The molecule has 0 rings (SSSR count). The largest absolute Gasteiger partial charge is 1.00 e. The maximum atomic E-state index is 10.3. The minimum absolute atomic E-state index is 0. The molecule has 0 aliphatic rings. The van der Waals surface area contributed by atoms with Crippen LogP contribution in [0.5, 0.6) is 0 Å². The van der Waals surface area contributed by atoms with Gasteiger partial charge in [-0.25, -0.2) is 4.79 Å². The molecule has 0 aromatic carbocycles. The molecule has 0 saturated heterocycles. The summed E-state index contributed by atoms with van der Waals surface area (Å²) in [6.07, 6.45) is -2.59. The molecule has 0 spiro atoms. The van der Waals surface area contributed by atoms with Crippen molar-refractivity contribution in [1.29, 1.82) is 0 Å². The Kier molecular flexibility index (Phi) is 10.0. The Hall–Kier alpha value is -0.670. The van der Waals surface area contributed by atoms with Crippen molar-refractivity contribution in [3.05, 3.63) is 0 Å². The maximum absolute atomic E-state index is 10.3. The van der Waals surface area contributed by atoms with Crippen molar-refractivity contribution >= 4 is 17.9 Å². The second-order valence-corrected chi connectivity index (χ2v) is 2.43. The fraction of sp³-hybridized carbons (Fsp3) is 0.500. The summed E-state index contributed by atoms with van der Waals surface area (Å²) in [4.78, 5) is 30.2. The molecule has 0 aromatic heterocycles. The number of aliphatic carboxylic acids is 3. The van der Waals surface area contributed by atoms with Gasteiger partial charge in [-0.1, -0.05) is 0 Å². The molecular weight excluding hydrogens is 221 g/mol. The van der Waals surface area contributed by atoms with Crippen LogP contribution >= 0.6 is 0 Å². The summed E-state index contributed by atoms with van der Waals surface area (Å²) in [5, 5.41) is 37.2. The molecule has 0 saturated carbocycles. The average Bonchev–Trinajstić information content (AvgIpc) is 1.82. The molecule has 9 heteroatoms. The number of carbonyl (C=O) groups excluding carboxylic acids is 2. The van der Waals surface area contributed by atoms with E-state index < -0.39 is 36.4 Å². The van der Waals surface area contributed by atoms with E-state index >= 15 is 0 Å². The van der Waals surface area contributed by atoms with Gasteiger partial charge in [0.15, 0.2) is 5.60 Å². The first-order chi connectivity index (χ1) is 5.78. The van der Waals surface area contributed by atoms with Crippen molar-refractivity contribution in [3.63, 3.8) is 0 Å². The first-order valence-corrected chi connectivity index (χ1v) is 3.13. The quantitative estimate of drug-likeness (QED) is 0.394. The van der Waals surface area contributed by atoms with Crippen LogP contribution < -0.4 is 45.9 Å². The van der Waals surface area contributed by atoms with Gasteiger partial charge in [0.1, 0.15) is 0 Å². The van der Waals surface area contributed by atoms with Crippen LogP contribution in [0.1, 0.15) is 12.8 Å². The molecule has 0 aromatic rings. The predicted octanol–water partition coefficient (Wildman–Crippen LogP) is -6.54. The second-order valence-electron chi connectivity index (χ2n) is 2.43. The Bertz CT molecular complexity index is 238. The third kappa shape index (κ3) is 7.28. The minimum Gasteiger partial charge on any atom is -0.550 e. The van der Waals surface area contributed by atoms with Crippen LogP contribution in [0.15, 0.2) is 0 Å². The van der Waals surface area contributed by atoms with Crippen molar-refractivity contribution in [2.24, 2.45) is 0 Å². The van der Waals surface area contributed by atoms with Gasteiger partial charge < -0.3 is 36.2 Å². The van der Waals surface area contributed by atoms with Crippen LogP contribution in [-0.4, -0.2) is 33.7 Å². The summed E-state index contributed by atoms with van der Waals surface area (Å²) in [6.45, 7) is 0. The molecule has 6 N–H and O–H groups in total. The van der Waals surface area contributed by atoms with Gasteiger partial charge >= 0.3 is 35.5 Å². The second kappa shape index (κ2) is 7.60. The van der Waals surface area contributed by atoms with Crippen LogP contribution in [0.25, 0.3) is 0 Å². The minimum atomic E-state index is -2.86. The summed E-state index contributed by atoms with van der Waals surface area (Å²) in [6, 6.07) is 0. The van der Waals surface area contributed by atoms with Crippen LogP contribution in [0.2, 0.25) is 0 Å². The number of aliphatic hydroxyl groups is 1. The summed E-state index contributed by atoms with van der Waals surface area (Å²) in [5.41, 5.74) is -2.86. The number of hydrogen-bond donors (Lipinski definition) is 3. The van der Waals surface area contributed by atoms with Gasteiger partial charge in [-0.15, -0.1) is 0 Å². The van der Waals surface area contributed by atoms with Crippen molar-refractivity contribution in [2.75, 3.05) is 0 Å². The van der Waals surface area contributed by atoms with E-state index in [4.69, 9.17) is 10.2 Å². The Labute approximate surface area is 107 Å². The van der Waals surface area contributed by atoms with Crippen molar-refractivity contribution in [2.45, 2.75) is 18.4 Å². The molecule has 0 heterocycles. The fourth-order valence-corrected chi connectivity index (χ4v) is 0.691. The summed E-state index contributed by atoms with van der Waals surface area (Å²) < 4.78 is 0. The van der Waals surface area contributed by atoms with Gasteiger partial charge in [-0.3, -0.25) is 0 Å². The average molecular weight is 231 g/mol. The number of carboxylic acids is 3. The van der Waals surface area contributed by atoms with E-state index in [1.54, 1.807) is 0 Å². The first-order valence-electron chi connectivity index (χ1n) is 3.13. The van der Waals surface area contributed by atoms with Crippen molar-refractivity contribution in [1.82, 2.24) is 6.15 Å². The molecule has 82 valence electrons. The standard InChI is InChI=1S/C6H8O7.H3N.Na/c7-3(8)1-6(13,5(11)12)2-4(9)10;;/h13H,1-2H2,(H,7,8)(H,9,10)(H,11,12);1H3;/q;;+1/p-1. The Morgan fingerprint density at radius 3 is 1.47 bits per heavy atom. The van der Waals surface area contributed by atoms with E-state index in [1.807, 2.05) is 0 Å². The molecule has 8 nitrogen and oxygen atoms in total. The molecule has 0 aliphatic heterocycles. The molecule has 0 radical (unpaired) electrons. The van der Waals surface area contributed by atoms with Gasteiger partial charge in [0.05, 0.1) is 0 Å². The molecule has 0 fully saturated rings. The molecule has 15 heavy (non-hydrogen) atoms. The van der Waals surface area contributed by atoms with Crippen LogP contribution in [-0.2, 0) is 14.4 Å². The van der Waals surface area contributed by atoms with Gasteiger partial charge in [0.2, 0.25) is 0 Å². The number of hydrogen-bond acceptors (Lipinski definition) is 6. The Balaban J connectivity index is -0.000000720. The molecular formula is C6H10NNaO7. The van der Waals surface area contributed by atoms with Gasteiger partial charge in [-0.2, -0.15) is 0 Å². The zero-order chi connectivity index (χ0) is 10.6. The Morgan fingerprint density at radius 1 is 1.07 bits per heavy atom. The van der Waals surface area contributed by atoms with Crippen LogP contribution in [0.4, 0.5) is 0 Å². The number of rotatable bonds is 5. The monoisotopic (exact) mass is 231 g/mol. The topological polar surface area (TPSA) is 174 Å². The third-order valence-corrected chi connectivity index (χ3v) is 1.27. The molecule has 0 unspecified atom stereocenters. The fourth-order valence-electron chi connectivity index (χ4n) is 0.691. The van der Waals surface area contributed by atoms with E-state index in [2.05, 4.69) is 0 Å². The van der Waals surface area contributed by atoms with Gasteiger partial charge in [0, 0.05) is 24.8 Å². The van der Waals surface area contributed by atoms with E-state index in [1.165, 1.54) is 0 Å². The summed E-state index contributed by atoms with van der Waals surface area (Å²) in [7, 11) is 0.